The third-order valence-electron chi connectivity index (χ3n) is 9.25. The summed E-state index contributed by atoms with van der Waals surface area (Å²) in [6, 6.07) is 44.0. The SMILES string of the molecule is CC1(C)C=C2c3ccccc3-c3ccccc3-c3ccc(-n4c5ccccc5c5cccnc54)cc3N2[C-]=[N+]1c1ccccc1O. The Morgan fingerprint density at radius 2 is 1.33 bits per heavy atom. The van der Waals surface area contributed by atoms with E-state index in [1.165, 1.54) is 16.5 Å². The number of phenols is 1. The quantitative estimate of drug-likeness (QED) is 0.160. The number of hydrogen-bond donors (Lipinski definition) is 1. The van der Waals surface area contributed by atoms with E-state index in [1.54, 1.807) is 6.07 Å². The molecule has 5 nitrogen and oxygen atoms in total. The third-order valence-corrected chi connectivity index (χ3v) is 9.25. The van der Waals surface area contributed by atoms with E-state index >= 15 is 0 Å². The number of para-hydroxylation sites is 3. The highest BCUT2D eigenvalue weighted by atomic mass is 16.3. The van der Waals surface area contributed by atoms with Gasteiger partial charge in [0.2, 0.25) is 6.34 Å². The Kier molecular flexibility index (Phi) is 5.63. The number of hydrogen-bond acceptors (Lipinski definition) is 3. The summed E-state index contributed by atoms with van der Waals surface area (Å²) in [6.07, 6.45) is 7.91. The molecular weight excluding hydrogens is 564 g/mol. The van der Waals surface area contributed by atoms with Gasteiger partial charge < -0.3 is 10.0 Å². The standard InChI is InChI=1S/C41H30N4O/c1-41(2)25-38-31-15-6-5-13-29(31)28-12-3-4-14-30(28)33-22-21-27(24-37(33)43(38)26-44(41)36-19-9-10-20-39(36)46)45-35-18-8-7-16-32(35)34-17-11-23-42-40(34)45/h3-25,46H,1-2H3. The second-order valence-corrected chi connectivity index (χ2v) is 12.5. The van der Waals surface area contributed by atoms with Gasteiger partial charge in [-0.2, -0.15) is 0 Å². The van der Waals surface area contributed by atoms with Crippen molar-refractivity contribution in [1.82, 2.24) is 9.55 Å². The number of nitrogens with zero attached hydrogens (tertiary/aromatic N) is 4. The number of rotatable bonds is 2. The van der Waals surface area contributed by atoms with Gasteiger partial charge in [0.25, 0.3) is 0 Å². The number of anilines is 1. The van der Waals surface area contributed by atoms with Gasteiger partial charge in [0, 0.05) is 22.7 Å². The largest absolute Gasteiger partial charge is 0.513 e. The highest BCUT2D eigenvalue weighted by Gasteiger charge is 2.35. The first-order chi connectivity index (χ1) is 22.5. The van der Waals surface area contributed by atoms with Crippen molar-refractivity contribution in [2.45, 2.75) is 19.4 Å². The summed E-state index contributed by atoms with van der Waals surface area (Å²) >= 11 is 0. The van der Waals surface area contributed by atoms with Crippen LogP contribution in [0.3, 0.4) is 0 Å². The number of benzene rings is 5. The molecule has 4 heterocycles. The fourth-order valence-corrected chi connectivity index (χ4v) is 7.17. The van der Waals surface area contributed by atoms with Crippen molar-refractivity contribution >= 4 is 45.3 Å². The van der Waals surface area contributed by atoms with Gasteiger partial charge in [-0.1, -0.05) is 91.0 Å². The van der Waals surface area contributed by atoms with Crippen LogP contribution in [0.5, 0.6) is 5.75 Å². The first-order valence-electron chi connectivity index (χ1n) is 15.5. The van der Waals surface area contributed by atoms with E-state index in [1.807, 2.05) is 35.0 Å². The molecule has 0 aliphatic carbocycles. The molecule has 5 heteroatoms. The zero-order valence-corrected chi connectivity index (χ0v) is 25.5. The first-order valence-corrected chi connectivity index (χ1v) is 15.5. The molecule has 46 heavy (non-hydrogen) atoms. The Morgan fingerprint density at radius 3 is 2.13 bits per heavy atom. The minimum absolute atomic E-state index is 0.211. The Balaban J connectivity index is 1.39. The van der Waals surface area contributed by atoms with Crippen molar-refractivity contribution in [3.63, 3.8) is 0 Å². The second-order valence-electron chi connectivity index (χ2n) is 12.5. The molecule has 220 valence electrons. The van der Waals surface area contributed by atoms with Gasteiger partial charge in [0.15, 0.2) is 0 Å². The predicted molar refractivity (Wildman–Crippen MR) is 187 cm³/mol. The monoisotopic (exact) mass is 594 g/mol. The lowest BCUT2D eigenvalue weighted by Crippen LogP contribution is -2.42. The smallest absolute Gasteiger partial charge is 0.246 e. The summed E-state index contributed by atoms with van der Waals surface area (Å²) in [6.45, 7) is 4.32. The molecule has 9 rings (SSSR count). The van der Waals surface area contributed by atoms with Crippen LogP contribution >= 0.6 is 0 Å². The molecule has 2 aliphatic heterocycles. The number of aromatic hydroxyl groups is 1. The van der Waals surface area contributed by atoms with E-state index in [2.05, 4.69) is 133 Å². The van der Waals surface area contributed by atoms with E-state index in [-0.39, 0.29) is 5.75 Å². The lowest BCUT2D eigenvalue weighted by atomic mass is 9.85. The van der Waals surface area contributed by atoms with Crippen LogP contribution < -0.4 is 4.90 Å². The third kappa shape index (κ3) is 3.81. The van der Waals surface area contributed by atoms with E-state index in [9.17, 15) is 5.11 Å². The fourth-order valence-electron chi connectivity index (χ4n) is 7.17. The van der Waals surface area contributed by atoms with Crippen molar-refractivity contribution in [2.75, 3.05) is 4.90 Å². The van der Waals surface area contributed by atoms with Gasteiger partial charge in [-0.05, 0) is 84.1 Å². The van der Waals surface area contributed by atoms with Crippen molar-refractivity contribution in [3.05, 3.63) is 145 Å². The Bertz CT molecular complexity index is 2380. The van der Waals surface area contributed by atoms with Crippen molar-refractivity contribution in [3.8, 4) is 33.7 Å². The van der Waals surface area contributed by atoms with Crippen LogP contribution in [0.1, 0.15) is 19.4 Å². The van der Waals surface area contributed by atoms with E-state index < -0.39 is 5.54 Å². The van der Waals surface area contributed by atoms with E-state index in [0.717, 1.165) is 50.3 Å². The molecular formula is C41H30N4O. The lowest BCUT2D eigenvalue weighted by molar-refractivity contribution is -0.507. The molecule has 0 radical (unpaired) electrons. The average Bonchev–Trinajstić information content (AvgIpc) is 3.42. The summed E-state index contributed by atoms with van der Waals surface area (Å²) in [4.78, 5) is 7.03. The van der Waals surface area contributed by atoms with Crippen LogP contribution in [0.15, 0.2) is 140 Å². The summed E-state index contributed by atoms with van der Waals surface area (Å²) in [5.74, 6) is 0.211. The van der Waals surface area contributed by atoms with Crippen LogP contribution in [-0.2, 0) is 0 Å². The molecule has 2 aliphatic rings. The number of phenolic OH excluding ortho intramolecular Hbond substituents is 1. The van der Waals surface area contributed by atoms with Crippen LogP contribution in [0, 0.1) is 0 Å². The molecule has 0 bridgehead atoms. The first kappa shape index (κ1) is 26.5. The number of pyridine rings is 1. The zero-order valence-electron chi connectivity index (χ0n) is 25.5. The lowest BCUT2D eigenvalue weighted by Gasteiger charge is -2.39. The van der Waals surface area contributed by atoms with Crippen molar-refractivity contribution in [1.29, 1.82) is 0 Å². The van der Waals surface area contributed by atoms with Crippen LogP contribution in [0.2, 0.25) is 0 Å². The van der Waals surface area contributed by atoms with Gasteiger partial charge in [0.05, 0.1) is 22.6 Å². The summed E-state index contributed by atoms with van der Waals surface area (Å²) < 4.78 is 4.29. The van der Waals surface area contributed by atoms with Gasteiger partial charge in [0.1, 0.15) is 16.9 Å². The van der Waals surface area contributed by atoms with Gasteiger partial charge in [-0.25, -0.2) is 4.98 Å². The minimum Gasteiger partial charge on any atom is -0.513 e. The Morgan fingerprint density at radius 1 is 0.674 bits per heavy atom. The summed E-state index contributed by atoms with van der Waals surface area (Å²) in [5, 5.41) is 13.3. The van der Waals surface area contributed by atoms with E-state index in [4.69, 9.17) is 4.98 Å². The normalized spacial score (nSPS) is 14.8. The average molecular weight is 595 g/mol. The topological polar surface area (TPSA) is 44.3 Å². The molecule has 0 saturated heterocycles. The van der Waals surface area contributed by atoms with Gasteiger partial charge in [-0.3, -0.25) is 9.14 Å². The number of aromatic nitrogens is 2. The molecule has 0 unspecified atom stereocenters. The molecule has 0 saturated carbocycles. The van der Waals surface area contributed by atoms with Crippen molar-refractivity contribution < 1.29 is 9.68 Å². The van der Waals surface area contributed by atoms with Crippen LogP contribution in [0.25, 0.3) is 55.6 Å². The predicted octanol–water partition coefficient (Wildman–Crippen LogP) is 9.42. The molecule has 2 aromatic heterocycles. The highest BCUT2D eigenvalue weighted by molar-refractivity contribution is 6.10. The van der Waals surface area contributed by atoms with Gasteiger partial charge >= 0.3 is 0 Å². The molecule has 7 aromatic rings. The molecule has 0 fully saturated rings. The Hall–Kier alpha value is -5.94. The van der Waals surface area contributed by atoms with Crippen molar-refractivity contribution in [2.24, 2.45) is 0 Å². The second kappa shape index (κ2) is 9.78. The van der Waals surface area contributed by atoms with Crippen LogP contribution in [0.4, 0.5) is 11.4 Å². The molecule has 1 N–H and O–H groups in total. The number of fused-ring (bicyclic) bond motifs is 11. The maximum Gasteiger partial charge on any atom is 0.246 e. The molecule has 0 atom stereocenters. The molecule has 0 spiro atoms. The maximum absolute atomic E-state index is 11.0. The molecule has 5 aromatic carbocycles. The molecule has 0 amide bonds. The Labute approximate surface area is 267 Å². The summed E-state index contributed by atoms with van der Waals surface area (Å²) in [7, 11) is 0. The van der Waals surface area contributed by atoms with Gasteiger partial charge in [-0.15, -0.1) is 0 Å². The summed E-state index contributed by atoms with van der Waals surface area (Å²) in [5.41, 5.74) is 11.0. The van der Waals surface area contributed by atoms with E-state index in [0.29, 0.717) is 5.69 Å². The minimum atomic E-state index is -0.495. The maximum atomic E-state index is 11.0. The fraction of sp³-hybridized carbons (Fsp3) is 0.0732. The highest BCUT2D eigenvalue weighted by Crippen LogP contribution is 2.48. The zero-order chi connectivity index (χ0) is 31.0. The van der Waals surface area contributed by atoms with Crippen LogP contribution in [-0.4, -0.2) is 31.1 Å².